The Morgan fingerprint density at radius 1 is 0.778 bits per heavy atom. The van der Waals surface area contributed by atoms with Crippen LogP contribution in [0.2, 0.25) is 0 Å². The van der Waals surface area contributed by atoms with E-state index in [9.17, 15) is 50.4 Å². The van der Waals surface area contributed by atoms with E-state index in [4.69, 9.17) is 42.6 Å². The zero-order valence-corrected chi connectivity index (χ0v) is 36.7. The van der Waals surface area contributed by atoms with E-state index in [1.165, 1.54) is 14.0 Å². The molecular formula is C44H68O19. The molecule has 23 atom stereocenters. The quantitative estimate of drug-likeness (QED) is 0.0943. The molecule has 8 N–H and O–H groups in total. The summed E-state index contributed by atoms with van der Waals surface area (Å²) in [5.74, 6) is -0.00243. The first kappa shape index (κ1) is 47.6. The van der Waals surface area contributed by atoms with Crippen LogP contribution in [0.1, 0.15) is 85.5 Å². The molecule has 3 saturated heterocycles. The summed E-state index contributed by atoms with van der Waals surface area (Å²) < 4.78 is 53.2. The van der Waals surface area contributed by atoms with Crippen molar-refractivity contribution in [1.29, 1.82) is 0 Å². The highest BCUT2D eigenvalue weighted by Gasteiger charge is 2.68. The van der Waals surface area contributed by atoms with Gasteiger partial charge in [0, 0.05) is 25.5 Å². The molecule has 19 heteroatoms. The molecule has 4 aliphatic heterocycles. The van der Waals surface area contributed by atoms with Crippen molar-refractivity contribution in [3.05, 3.63) is 11.6 Å². The van der Waals surface area contributed by atoms with Crippen molar-refractivity contribution in [2.24, 2.45) is 34.5 Å². The van der Waals surface area contributed by atoms with E-state index in [0.717, 1.165) is 50.5 Å². The lowest BCUT2D eigenvalue weighted by molar-refractivity contribution is -0.367. The molecule has 4 saturated carbocycles. The standard InChI is InChI=1S/C44H68O19/c1-19-36(63-40-35(53)33(51)31(49)28(62-40)18-57-39-34(52)32(50)30(48)27(16-45)61-39)37(55-5)38(59-20(2)46)41(58-19)60-23-8-11-42(3)22(15-23)6-7-26-25(42)9-12-43(4)24(10-13-44(26,43)54)21-14-29(47)56-17-21/h14,19,22-28,30-41,45,48-54H,6-13,15-18H2,1-5H3/t19-,22+,23-,24+,25-,26+,27+,28-,30+,31-,32-,33+,34+,35-,36-,37+,38-,39+,40+,41-,42-,43+,44-/m0/s1. The average Bonchev–Trinajstić information content (AvgIpc) is 3.80. The van der Waals surface area contributed by atoms with Crippen LogP contribution in [-0.4, -0.2) is 184 Å². The average molecular weight is 901 g/mol. The van der Waals surface area contributed by atoms with Crippen molar-refractivity contribution in [2.45, 2.75) is 189 Å². The summed E-state index contributed by atoms with van der Waals surface area (Å²) >= 11 is 0. The predicted molar refractivity (Wildman–Crippen MR) is 213 cm³/mol. The first-order chi connectivity index (χ1) is 29.8. The van der Waals surface area contributed by atoms with E-state index in [1.54, 1.807) is 13.0 Å². The Labute approximate surface area is 366 Å². The lowest BCUT2D eigenvalue weighted by atomic mass is 9.43. The van der Waals surface area contributed by atoms with Crippen LogP contribution in [0.3, 0.4) is 0 Å². The van der Waals surface area contributed by atoms with Crippen molar-refractivity contribution in [3.8, 4) is 0 Å². The van der Waals surface area contributed by atoms with E-state index in [-0.39, 0.29) is 34.7 Å². The maximum absolute atomic E-state index is 12.7. The SMILES string of the molecule is CO[C@H]1[C@H](OC(C)=O)[C@H](O[C@H]2CC[C@@]3(C)[C@H](CC[C@@H]4[C@@H]3CC[C@]3(C)[C@@H](C5=CC(=O)OC5)CC[C@]43O)C2)O[C@@H](C)[C@@H]1O[C@H]1O[C@@H](CO[C@@H]2O[C@H](CO)[C@@H](O)[C@H](O)[C@H]2O)[C@H](O)[C@@H](O)[C@@H]1O. The molecule has 0 spiro atoms. The molecular weight excluding hydrogens is 832 g/mol. The normalized spacial score (nSPS) is 52.3. The summed E-state index contributed by atoms with van der Waals surface area (Å²) in [5.41, 5.74) is -0.164. The highest BCUT2D eigenvalue weighted by atomic mass is 16.8. The summed E-state index contributed by atoms with van der Waals surface area (Å²) in [4.78, 5) is 24.6. The summed E-state index contributed by atoms with van der Waals surface area (Å²) in [7, 11) is 1.40. The molecule has 0 aromatic carbocycles. The van der Waals surface area contributed by atoms with Gasteiger partial charge in [0.25, 0.3) is 0 Å². The van der Waals surface area contributed by atoms with E-state index in [1.807, 2.05) is 0 Å². The Kier molecular flexibility index (Phi) is 13.8. The van der Waals surface area contributed by atoms with Gasteiger partial charge in [-0.25, -0.2) is 4.79 Å². The summed E-state index contributed by atoms with van der Waals surface area (Å²) in [5, 5.41) is 85.6. The fraction of sp³-hybridized carbons (Fsp3) is 0.909. The third kappa shape index (κ3) is 8.32. The number of esters is 2. The first-order valence-corrected chi connectivity index (χ1v) is 22.7. The largest absolute Gasteiger partial charge is 0.458 e. The van der Waals surface area contributed by atoms with Crippen molar-refractivity contribution in [1.82, 2.24) is 0 Å². The molecule has 0 unspecified atom stereocenters. The van der Waals surface area contributed by atoms with Gasteiger partial charge in [-0.05, 0) is 99.4 Å². The van der Waals surface area contributed by atoms with Crippen LogP contribution in [-0.2, 0) is 52.2 Å². The summed E-state index contributed by atoms with van der Waals surface area (Å²) in [6.07, 6.45) is -12.2. The predicted octanol–water partition coefficient (Wildman–Crippen LogP) is -0.671. The van der Waals surface area contributed by atoms with Crippen LogP contribution in [0.5, 0.6) is 0 Å². The third-order valence-electron chi connectivity index (χ3n) is 16.8. The Balaban J connectivity index is 0.915. The fourth-order valence-electron chi connectivity index (χ4n) is 13.3. The number of rotatable bonds is 11. The van der Waals surface area contributed by atoms with Crippen LogP contribution >= 0.6 is 0 Å². The van der Waals surface area contributed by atoms with Crippen molar-refractivity contribution >= 4 is 11.9 Å². The minimum Gasteiger partial charge on any atom is -0.458 e. The fourth-order valence-corrected chi connectivity index (χ4v) is 13.3. The molecule has 8 aliphatic rings. The second-order valence-electron chi connectivity index (χ2n) is 20.0. The Morgan fingerprint density at radius 3 is 2.14 bits per heavy atom. The Hall–Kier alpha value is -1.92. The topological polar surface area (TPSA) is 279 Å². The molecule has 19 nitrogen and oxygen atoms in total. The van der Waals surface area contributed by atoms with Crippen molar-refractivity contribution in [3.63, 3.8) is 0 Å². The van der Waals surface area contributed by atoms with Crippen LogP contribution < -0.4 is 0 Å². The molecule has 4 aliphatic carbocycles. The van der Waals surface area contributed by atoms with Gasteiger partial charge in [-0.3, -0.25) is 4.79 Å². The molecule has 0 aromatic heterocycles. The second-order valence-corrected chi connectivity index (χ2v) is 20.0. The zero-order chi connectivity index (χ0) is 45.3. The number of carbonyl (C=O) groups excluding carboxylic acids is 2. The number of hydrogen-bond acceptors (Lipinski definition) is 19. The molecule has 0 radical (unpaired) electrons. The monoisotopic (exact) mass is 900 g/mol. The number of cyclic esters (lactones) is 1. The van der Waals surface area contributed by atoms with E-state index in [0.29, 0.717) is 31.3 Å². The molecule has 358 valence electrons. The smallest absolute Gasteiger partial charge is 0.331 e. The summed E-state index contributed by atoms with van der Waals surface area (Å²) in [6, 6.07) is 0. The molecule has 0 bridgehead atoms. The number of carbonyl (C=O) groups is 2. The zero-order valence-electron chi connectivity index (χ0n) is 36.7. The maximum atomic E-state index is 12.7. The molecule has 4 heterocycles. The van der Waals surface area contributed by atoms with Gasteiger partial charge in [-0.15, -0.1) is 0 Å². The maximum Gasteiger partial charge on any atom is 0.331 e. The van der Waals surface area contributed by atoms with Gasteiger partial charge >= 0.3 is 11.9 Å². The highest BCUT2D eigenvalue weighted by molar-refractivity contribution is 5.85. The van der Waals surface area contributed by atoms with Crippen LogP contribution in [0.15, 0.2) is 11.6 Å². The second kappa shape index (κ2) is 18.3. The summed E-state index contributed by atoms with van der Waals surface area (Å²) in [6.45, 7) is 6.62. The molecule has 0 amide bonds. The number of aliphatic hydroxyl groups excluding tert-OH is 7. The van der Waals surface area contributed by atoms with E-state index >= 15 is 0 Å². The molecule has 8 rings (SSSR count). The third-order valence-corrected chi connectivity index (χ3v) is 16.8. The van der Waals surface area contributed by atoms with E-state index < -0.39 is 117 Å². The van der Waals surface area contributed by atoms with Crippen molar-refractivity contribution in [2.75, 3.05) is 26.9 Å². The Morgan fingerprint density at radius 2 is 1.48 bits per heavy atom. The minimum absolute atomic E-state index is 0.0235. The Bertz CT molecular complexity index is 1680. The van der Waals surface area contributed by atoms with E-state index in [2.05, 4.69) is 13.8 Å². The van der Waals surface area contributed by atoms with Gasteiger partial charge in [-0.1, -0.05) is 13.8 Å². The minimum atomic E-state index is -1.80. The first-order valence-electron chi connectivity index (χ1n) is 22.7. The highest BCUT2D eigenvalue weighted by Crippen LogP contribution is 2.70. The number of fused-ring (bicyclic) bond motifs is 5. The van der Waals surface area contributed by atoms with Gasteiger partial charge in [-0.2, -0.15) is 0 Å². The van der Waals surface area contributed by atoms with Gasteiger partial charge in [0.2, 0.25) is 0 Å². The van der Waals surface area contributed by atoms with Crippen LogP contribution in [0.4, 0.5) is 0 Å². The van der Waals surface area contributed by atoms with Gasteiger partial charge in [0.05, 0.1) is 31.0 Å². The number of ether oxygens (including phenoxy) is 9. The number of methoxy groups -OCH3 is 1. The van der Waals surface area contributed by atoms with Gasteiger partial charge < -0.3 is 83.5 Å². The number of hydrogen-bond donors (Lipinski definition) is 8. The molecule has 63 heavy (non-hydrogen) atoms. The van der Waals surface area contributed by atoms with Crippen LogP contribution in [0.25, 0.3) is 0 Å². The number of aliphatic hydroxyl groups is 8. The van der Waals surface area contributed by atoms with Crippen molar-refractivity contribution < 1.29 is 93.1 Å². The van der Waals surface area contributed by atoms with Gasteiger partial charge in [0.1, 0.15) is 67.6 Å². The van der Waals surface area contributed by atoms with Gasteiger partial charge in [0.15, 0.2) is 25.0 Å². The van der Waals surface area contributed by atoms with Crippen LogP contribution in [0, 0.1) is 34.5 Å². The lowest BCUT2D eigenvalue weighted by Crippen LogP contribution is -2.65. The molecule has 0 aromatic rings. The molecule has 7 fully saturated rings. The lowest BCUT2D eigenvalue weighted by Gasteiger charge is -2.64.